The summed E-state index contributed by atoms with van der Waals surface area (Å²) in [7, 11) is -2.84. The maximum atomic E-state index is 13.2. The Morgan fingerprint density at radius 3 is 1.77 bits per heavy atom. The molecule has 6 nitrogen and oxygen atoms in total. The van der Waals surface area contributed by atoms with E-state index in [4.69, 9.17) is 13.9 Å². The lowest BCUT2D eigenvalue weighted by Crippen LogP contribution is -2.67. The molecular weight excluding hydrogens is 554 g/mol. The van der Waals surface area contributed by atoms with Gasteiger partial charge in [-0.05, 0) is 33.1 Å². The third-order valence-electron chi connectivity index (χ3n) is 8.18. The van der Waals surface area contributed by atoms with Gasteiger partial charge in [0.15, 0.2) is 0 Å². The molecule has 0 amide bonds. The van der Waals surface area contributed by atoms with E-state index in [1.165, 1.54) is 10.4 Å². The summed E-state index contributed by atoms with van der Waals surface area (Å²) in [6, 6.07) is 38.9. The van der Waals surface area contributed by atoms with E-state index in [1.807, 2.05) is 48.5 Å². The van der Waals surface area contributed by atoms with E-state index in [9.17, 15) is 9.90 Å². The Morgan fingerprint density at radius 2 is 1.26 bits per heavy atom. The number of carbonyl (C=O) groups excluding carboxylic acids is 1. The van der Waals surface area contributed by atoms with Gasteiger partial charge < -0.3 is 24.3 Å². The van der Waals surface area contributed by atoms with Crippen molar-refractivity contribution in [1.82, 2.24) is 5.32 Å². The SMILES string of the molecule is CC(C)(C)[Si](OC[C@H]1N[C@H](CO)[C@@H](OC(=O)c2ccccc2)[C@@H]1OCc1ccccc1)(c1ccccc1)c1ccccc1. The summed E-state index contributed by atoms with van der Waals surface area (Å²) >= 11 is 0. The molecule has 1 heterocycles. The predicted octanol–water partition coefficient (Wildman–Crippen LogP) is 4.71. The Balaban J connectivity index is 1.48. The molecule has 0 saturated carbocycles. The van der Waals surface area contributed by atoms with E-state index in [-0.39, 0.29) is 17.7 Å². The van der Waals surface area contributed by atoms with E-state index in [2.05, 4.69) is 74.6 Å². The average Bonchev–Trinajstić information content (AvgIpc) is 3.37. The molecule has 43 heavy (non-hydrogen) atoms. The van der Waals surface area contributed by atoms with Gasteiger partial charge in [0.2, 0.25) is 0 Å². The number of ether oxygens (including phenoxy) is 2. The molecule has 0 bridgehead atoms. The van der Waals surface area contributed by atoms with Crippen molar-refractivity contribution < 1.29 is 23.8 Å². The molecule has 0 unspecified atom stereocenters. The topological polar surface area (TPSA) is 77.0 Å². The largest absolute Gasteiger partial charge is 0.454 e. The van der Waals surface area contributed by atoms with E-state index in [0.717, 1.165) is 5.56 Å². The first-order valence-electron chi connectivity index (χ1n) is 14.9. The van der Waals surface area contributed by atoms with Gasteiger partial charge in [0.1, 0.15) is 12.2 Å². The number of nitrogens with one attached hydrogen (secondary N) is 1. The van der Waals surface area contributed by atoms with Gasteiger partial charge in [-0.3, -0.25) is 0 Å². The van der Waals surface area contributed by atoms with Crippen LogP contribution in [0.1, 0.15) is 36.7 Å². The fraction of sp³-hybridized carbons (Fsp3) is 0.306. The van der Waals surface area contributed by atoms with E-state index < -0.39 is 32.5 Å². The van der Waals surface area contributed by atoms with E-state index >= 15 is 0 Å². The van der Waals surface area contributed by atoms with E-state index in [0.29, 0.717) is 18.8 Å². The fourth-order valence-corrected chi connectivity index (χ4v) is 10.7. The standard InChI is InChI=1S/C36H41NO5Si/c1-36(2,3)43(29-20-12-6-13-21-29,30-22-14-7-15-23-30)41-26-32-33(40-25-27-16-8-4-9-17-27)34(31(24-38)37-32)42-35(39)28-18-10-5-11-19-28/h4-23,31-34,37-38H,24-26H2,1-3H3/t31-,32-,33-,34-/m1/s1. The van der Waals surface area contributed by atoms with Crippen LogP contribution >= 0.6 is 0 Å². The van der Waals surface area contributed by atoms with Gasteiger partial charge in [0, 0.05) is 0 Å². The molecule has 5 rings (SSSR count). The monoisotopic (exact) mass is 595 g/mol. The summed E-state index contributed by atoms with van der Waals surface area (Å²) in [5, 5.41) is 16.1. The molecule has 0 spiro atoms. The third kappa shape index (κ3) is 6.82. The summed E-state index contributed by atoms with van der Waals surface area (Å²) in [6.07, 6.45) is -1.27. The lowest BCUT2D eigenvalue weighted by molar-refractivity contribution is -0.0600. The molecule has 1 saturated heterocycles. The van der Waals surface area contributed by atoms with Crippen LogP contribution in [0.25, 0.3) is 0 Å². The molecule has 1 fully saturated rings. The smallest absolute Gasteiger partial charge is 0.338 e. The van der Waals surface area contributed by atoms with Gasteiger partial charge in [-0.2, -0.15) is 0 Å². The average molecular weight is 596 g/mol. The Morgan fingerprint density at radius 1 is 0.744 bits per heavy atom. The molecule has 1 aliphatic heterocycles. The van der Waals surface area contributed by atoms with Gasteiger partial charge in [-0.15, -0.1) is 0 Å². The highest BCUT2D eigenvalue weighted by Crippen LogP contribution is 2.37. The molecule has 1 aliphatic rings. The zero-order chi connectivity index (χ0) is 30.3. The first-order valence-corrected chi connectivity index (χ1v) is 16.8. The minimum Gasteiger partial charge on any atom is -0.454 e. The summed E-state index contributed by atoms with van der Waals surface area (Å²) in [4.78, 5) is 13.2. The summed E-state index contributed by atoms with van der Waals surface area (Å²) < 4.78 is 19.8. The number of carbonyl (C=O) groups is 1. The summed E-state index contributed by atoms with van der Waals surface area (Å²) in [5.41, 5.74) is 1.46. The molecule has 224 valence electrons. The van der Waals surface area contributed by atoms with Crippen LogP contribution in [0, 0.1) is 0 Å². The highest BCUT2D eigenvalue weighted by Gasteiger charge is 2.52. The number of esters is 1. The van der Waals surface area contributed by atoms with Crippen molar-refractivity contribution in [3.8, 4) is 0 Å². The fourth-order valence-electron chi connectivity index (χ4n) is 6.09. The molecule has 4 aromatic rings. The van der Waals surface area contributed by atoms with Crippen LogP contribution in [0.3, 0.4) is 0 Å². The van der Waals surface area contributed by atoms with Crippen LogP contribution in [-0.2, 0) is 20.5 Å². The van der Waals surface area contributed by atoms with Crippen molar-refractivity contribution >= 4 is 24.7 Å². The predicted molar refractivity (Wildman–Crippen MR) is 172 cm³/mol. The van der Waals surface area contributed by atoms with Gasteiger partial charge in [-0.25, -0.2) is 4.79 Å². The molecule has 0 aromatic heterocycles. The Bertz CT molecular complexity index is 1390. The Kier molecular flexibility index (Phi) is 9.90. The molecular formula is C36H41NO5Si. The zero-order valence-corrected chi connectivity index (χ0v) is 26.1. The van der Waals surface area contributed by atoms with Crippen molar-refractivity contribution in [2.24, 2.45) is 0 Å². The number of hydrogen-bond acceptors (Lipinski definition) is 6. The van der Waals surface area contributed by atoms with Crippen molar-refractivity contribution in [2.75, 3.05) is 13.2 Å². The zero-order valence-electron chi connectivity index (χ0n) is 25.1. The van der Waals surface area contributed by atoms with Gasteiger partial charge >= 0.3 is 5.97 Å². The van der Waals surface area contributed by atoms with Gasteiger partial charge in [0.25, 0.3) is 8.32 Å². The molecule has 2 N–H and O–H groups in total. The Hall–Kier alpha value is -3.59. The maximum absolute atomic E-state index is 13.2. The summed E-state index contributed by atoms with van der Waals surface area (Å²) in [5.74, 6) is -0.451. The maximum Gasteiger partial charge on any atom is 0.338 e. The number of aliphatic hydroxyl groups excluding tert-OH is 1. The number of benzene rings is 4. The minimum atomic E-state index is -2.84. The normalized spacial score (nSPS) is 20.6. The third-order valence-corrected chi connectivity index (χ3v) is 13.2. The van der Waals surface area contributed by atoms with Gasteiger partial charge in [0.05, 0.1) is 37.5 Å². The van der Waals surface area contributed by atoms with Gasteiger partial charge in [-0.1, -0.05) is 130 Å². The highest BCUT2D eigenvalue weighted by molar-refractivity contribution is 6.99. The molecule has 4 atom stereocenters. The number of aliphatic hydroxyl groups is 1. The second kappa shape index (κ2) is 13.8. The van der Waals surface area contributed by atoms with Crippen LogP contribution < -0.4 is 15.7 Å². The highest BCUT2D eigenvalue weighted by atomic mass is 28.4. The lowest BCUT2D eigenvalue weighted by atomic mass is 10.1. The molecule has 0 radical (unpaired) electrons. The number of hydrogen-bond donors (Lipinski definition) is 2. The van der Waals surface area contributed by atoms with Crippen molar-refractivity contribution in [3.63, 3.8) is 0 Å². The van der Waals surface area contributed by atoms with Crippen LogP contribution in [0.15, 0.2) is 121 Å². The summed E-state index contributed by atoms with van der Waals surface area (Å²) in [6.45, 7) is 7.15. The van der Waals surface area contributed by atoms with Crippen LogP contribution in [0.4, 0.5) is 0 Å². The molecule has 4 aromatic carbocycles. The minimum absolute atomic E-state index is 0.204. The molecule has 7 heteroatoms. The molecule has 0 aliphatic carbocycles. The van der Waals surface area contributed by atoms with Crippen molar-refractivity contribution in [3.05, 3.63) is 132 Å². The van der Waals surface area contributed by atoms with Crippen LogP contribution in [0.5, 0.6) is 0 Å². The first-order chi connectivity index (χ1) is 20.8. The van der Waals surface area contributed by atoms with Crippen molar-refractivity contribution in [1.29, 1.82) is 0 Å². The second-order valence-electron chi connectivity index (χ2n) is 12.0. The second-order valence-corrected chi connectivity index (χ2v) is 16.3. The van der Waals surface area contributed by atoms with Crippen LogP contribution in [0.2, 0.25) is 5.04 Å². The van der Waals surface area contributed by atoms with E-state index in [1.54, 1.807) is 24.3 Å². The lowest BCUT2D eigenvalue weighted by Gasteiger charge is -2.43. The Labute approximate surface area is 255 Å². The van der Waals surface area contributed by atoms with Crippen LogP contribution in [-0.4, -0.2) is 56.9 Å². The quantitative estimate of drug-likeness (QED) is 0.193. The number of rotatable bonds is 11. The van der Waals surface area contributed by atoms with Crippen molar-refractivity contribution in [2.45, 2.75) is 56.7 Å². The first kappa shape index (κ1) is 30.9.